The fraction of sp³-hybridized carbons (Fsp3) is 0.438. The molecule has 0 spiro atoms. The Morgan fingerprint density at radius 3 is 2.83 bits per heavy atom. The van der Waals surface area contributed by atoms with Crippen molar-refractivity contribution in [3.63, 3.8) is 0 Å². The van der Waals surface area contributed by atoms with Crippen LogP contribution in [0, 0.1) is 0 Å². The molecule has 1 aromatic rings. The van der Waals surface area contributed by atoms with Gasteiger partial charge in [0.05, 0.1) is 0 Å². The normalized spacial score (nSPS) is 15.0. The van der Waals surface area contributed by atoms with Gasteiger partial charge in [-0.05, 0) is 60.4 Å². The number of benzene rings is 1. The van der Waals surface area contributed by atoms with E-state index in [-0.39, 0.29) is 5.91 Å². The molecule has 1 aromatic carbocycles. The van der Waals surface area contributed by atoms with E-state index in [0.717, 1.165) is 24.9 Å². The number of nitrogens with one attached hydrogen (secondary N) is 1. The third kappa shape index (κ3) is 2.33. The van der Waals surface area contributed by atoms with E-state index in [1.807, 2.05) is 6.07 Å². The molecule has 1 N–H and O–H groups in total. The summed E-state index contributed by atoms with van der Waals surface area (Å²) in [4.78, 5) is 11.4. The molecule has 1 atom stereocenters. The number of amides is 1. The Labute approximate surface area is 109 Å². The first-order valence-corrected chi connectivity index (χ1v) is 6.75. The molecule has 2 rings (SSSR count). The molecule has 96 valence electrons. The Morgan fingerprint density at radius 1 is 1.44 bits per heavy atom. The maximum Gasteiger partial charge on any atom is 0.247 e. The summed E-state index contributed by atoms with van der Waals surface area (Å²) >= 11 is 0. The van der Waals surface area contributed by atoms with Gasteiger partial charge in [0.2, 0.25) is 5.91 Å². The van der Waals surface area contributed by atoms with Crippen molar-refractivity contribution >= 4 is 11.6 Å². The lowest BCUT2D eigenvalue weighted by Crippen LogP contribution is -2.10. The zero-order valence-corrected chi connectivity index (χ0v) is 11.3. The van der Waals surface area contributed by atoms with E-state index in [9.17, 15) is 4.79 Å². The van der Waals surface area contributed by atoms with E-state index in [0.29, 0.717) is 5.92 Å². The van der Waals surface area contributed by atoms with Gasteiger partial charge in [-0.2, -0.15) is 0 Å². The van der Waals surface area contributed by atoms with E-state index >= 15 is 0 Å². The van der Waals surface area contributed by atoms with Crippen molar-refractivity contribution in [2.45, 2.75) is 45.4 Å². The van der Waals surface area contributed by atoms with Crippen LogP contribution in [0.5, 0.6) is 0 Å². The number of anilines is 1. The quantitative estimate of drug-likeness (QED) is 0.800. The lowest BCUT2D eigenvalue weighted by molar-refractivity contribution is -0.111. The van der Waals surface area contributed by atoms with Crippen molar-refractivity contribution in [3.8, 4) is 0 Å². The van der Waals surface area contributed by atoms with E-state index in [2.05, 4.69) is 31.8 Å². The standard InChI is InChI=1S/C16H21NO/c1-4-11(3)12-9-10-15(17-16(18)5-2)14-8-6-7-13(12)14/h5,9-11H,2,4,6-8H2,1,3H3,(H,17,18). The monoisotopic (exact) mass is 243 g/mol. The minimum atomic E-state index is -0.125. The number of hydrogen-bond donors (Lipinski definition) is 1. The molecule has 2 nitrogen and oxygen atoms in total. The maximum atomic E-state index is 11.4. The van der Waals surface area contributed by atoms with Gasteiger partial charge in [-0.1, -0.05) is 26.5 Å². The average Bonchev–Trinajstić information content (AvgIpc) is 2.87. The number of carbonyl (C=O) groups excluding carboxylic acids is 1. The first-order chi connectivity index (χ1) is 8.67. The Hall–Kier alpha value is -1.57. The van der Waals surface area contributed by atoms with Crippen molar-refractivity contribution in [2.75, 3.05) is 5.32 Å². The van der Waals surface area contributed by atoms with Gasteiger partial charge in [0.25, 0.3) is 0 Å². The molecule has 1 amide bonds. The highest BCUT2D eigenvalue weighted by atomic mass is 16.1. The second kappa shape index (κ2) is 5.38. The number of rotatable bonds is 4. The van der Waals surface area contributed by atoms with Gasteiger partial charge in [0.15, 0.2) is 0 Å². The summed E-state index contributed by atoms with van der Waals surface area (Å²) in [5, 5.41) is 2.92. The topological polar surface area (TPSA) is 29.1 Å². The predicted octanol–water partition coefficient (Wildman–Crippen LogP) is 3.81. The predicted molar refractivity (Wildman–Crippen MR) is 76.0 cm³/mol. The number of carbonyl (C=O) groups is 1. The lowest BCUT2D eigenvalue weighted by Gasteiger charge is -2.17. The van der Waals surface area contributed by atoms with Crippen molar-refractivity contribution in [1.82, 2.24) is 0 Å². The first-order valence-electron chi connectivity index (χ1n) is 6.75. The number of hydrogen-bond acceptors (Lipinski definition) is 1. The van der Waals surface area contributed by atoms with Crippen LogP contribution in [0.25, 0.3) is 0 Å². The molecule has 0 bridgehead atoms. The van der Waals surface area contributed by atoms with Gasteiger partial charge in [0, 0.05) is 5.69 Å². The lowest BCUT2D eigenvalue weighted by atomic mass is 9.91. The molecule has 0 saturated heterocycles. The van der Waals surface area contributed by atoms with Crippen molar-refractivity contribution in [2.24, 2.45) is 0 Å². The summed E-state index contributed by atoms with van der Waals surface area (Å²) in [6.45, 7) is 7.99. The van der Waals surface area contributed by atoms with Crippen molar-refractivity contribution in [3.05, 3.63) is 41.5 Å². The molecule has 0 fully saturated rings. The van der Waals surface area contributed by atoms with Crippen molar-refractivity contribution in [1.29, 1.82) is 0 Å². The van der Waals surface area contributed by atoms with Gasteiger partial charge >= 0.3 is 0 Å². The van der Waals surface area contributed by atoms with Crippen LogP contribution in [0.4, 0.5) is 5.69 Å². The summed E-state index contributed by atoms with van der Waals surface area (Å²) in [5.74, 6) is 0.474. The van der Waals surface area contributed by atoms with E-state index < -0.39 is 0 Å². The van der Waals surface area contributed by atoms with Crippen LogP contribution in [-0.2, 0) is 17.6 Å². The summed E-state index contributed by atoms with van der Waals surface area (Å²) in [6, 6.07) is 4.23. The highest BCUT2D eigenvalue weighted by Gasteiger charge is 2.21. The summed E-state index contributed by atoms with van der Waals surface area (Å²) in [7, 11) is 0. The molecule has 0 radical (unpaired) electrons. The van der Waals surface area contributed by atoms with Crippen LogP contribution in [-0.4, -0.2) is 5.91 Å². The highest BCUT2D eigenvalue weighted by Crippen LogP contribution is 2.35. The first kappa shape index (κ1) is 12.9. The second-order valence-corrected chi connectivity index (χ2v) is 5.02. The van der Waals surface area contributed by atoms with Gasteiger partial charge in [-0.25, -0.2) is 0 Å². The second-order valence-electron chi connectivity index (χ2n) is 5.02. The van der Waals surface area contributed by atoms with Gasteiger partial charge in [0.1, 0.15) is 0 Å². The molecule has 0 saturated carbocycles. The van der Waals surface area contributed by atoms with Crippen LogP contribution in [0.2, 0.25) is 0 Å². The van der Waals surface area contributed by atoms with Crippen LogP contribution < -0.4 is 5.32 Å². The van der Waals surface area contributed by atoms with E-state index in [4.69, 9.17) is 0 Å². The zero-order chi connectivity index (χ0) is 13.1. The van der Waals surface area contributed by atoms with Crippen LogP contribution in [0.1, 0.15) is 49.3 Å². The summed E-state index contributed by atoms with van der Waals surface area (Å²) < 4.78 is 0. The largest absolute Gasteiger partial charge is 0.322 e. The SMILES string of the molecule is C=CC(=O)Nc1ccc(C(C)CC)c2c1CCC2. The summed E-state index contributed by atoms with van der Waals surface area (Å²) in [5.41, 5.74) is 5.23. The maximum absolute atomic E-state index is 11.4. The molecule has 0 heterocycles. The zero-order valence-electron chi connectivity index (χ0n) is 11.3. The fourth-order valence-electron chi connectivity index (χ4n) is 2.72. The minimum absolute atomic E-state index is 0.125. The van der Waals surface area contributed by atoms with Crippen LogP contribution in [0.3, 0.4) is 0 Å². The smallest absolute Gasteiger partial charge is 0.247 e. The van der Waals surface area contributed by atoms with E-state index in [1.165, 1.54) is 29.2 Å². The third-order valence-electron chi connectivity index (χ3n) is 3.91. The van der Waals surface area contributed by atoms with Crippen LogP contribution >= 0.6 is 0 Å². The molecule has 1 unspecified atom stereocenters. The van der Waals surface area contributed by atoms with Crippen LogP contribution in [0.15, 0.2) is 24.8 Å². The minimum Gasteiger partial charge on any atom is -0.322 e. The molecule has 1 aliphatic rings. The highest BCUT2D eigenvalue weighted by molar-refractivity contribution is 5.99. The molecule has 18 heavy (non-hydrogen) atoms. The van der Waals surface area contributed by atoms with Crippen molar-refractivity contribution < 1.29 is 4.79 Å². The Kier molecular flexibility index (Phi) is 3.85. The molecule has 1 aliphatic carbocycles. The van der Waals surface area contributed by atoms with E-state index in [1.54, 1.807) is 0 Å². The third-order valence-corrected chi connectivity index (χ3v) is 3.91. The molecule has 2 heteroatoms. The van der Waals surface area contributed by atoms with Gasteiger partial charge < -0.3 is 5.32 Å². The molecular weight excluding hydrogens is 222 g/mol. The average molecular weight is 243 g/mol. The summed E-state index contributed by atoms with van der Waals surface area (Å²) in [6.07, 6.45) is 5.90. The number of fused-ring (bicyclic) bond motifs is 1. The Bertz CT molecular complexity index is 476. The molecule has 0 aliphatic heterocycles. The Morgan fingerprint density at radius 2 is 2.17 bits per heavy atom. The molecule has 0 aromatic heterocycles. The fourth-order valence-corrected chi connectivity index (χ4v) is 2.72. The van der Waals surface area contributed by atoms with Gasteiger partial charge in [-0.3, -0.25) is 4.79 Å². The molecular formula is C16H21NO. The van der Waals surface area contributed by atoms with Gasteiger partial charge in [-0.15, -0.1) is 0 Å². The Balaban J connectivity index is 2.38.